The molecule has 0 unspecified atom stereocenters. The van der Waals surface area contributed by atoms with E-state index in [0.717, 1.165) is 10.1 Å². The molecular weight excluding hydrogens is 530 g/mol. The molecule has 0 saturated carbocycles. The molecule has 3 aromatic carbocycles. The van der Waals surface area contributed by atoms with Gasteiger partial charge in [-0.05, 0) is 30.3 Å². The summed E-state index contributed by atoms with van der Waals surface area (Å²) in [4.78, 5) is 29.0. The first-order valence-electron chi connectivity index (χ1n) is 10.5. The van der Waals surface area contributed by atoms with Crippen molar-refractivity contribution >= 4 is 49.7 Å². The van der Waals surface area contributed by atoms with Crippen LogP contribution in [0.4, 0.5) is 5.69 Å². The topological polar surface area (TPSA) is 137 Å². The normalized spacial score (nSPS) is 11.2. The predicted octanol–water partition coefficient (Wildman–Crippen LogP) is 5.26. The molecule has 5 aromatic rings. The van der Waals surface area contributed by atoms with Crippen molar-refractivity contribution in [1.82, 2.24) is 9.66 Å². The number of fused-ring (bicyclic) bond motifs is 2. The van der Waals surface area contributed by atoms with Crippen LogP contribution in [-0.2, 0) is 0 Å². The summed E-state index contributed by atoms with van der Waals surface area (Å²) in [6.07, 6.45) is 1.24. The van der Waals surface area contributed by atoms with Gasteiger partial charge in [0.2, 0.25) is 11.6 Å². The van der Waals surface area contributed by atoms with Gasteiger partial charge in [0.15, 0.2) is 12.4 Å². The standard InChI is InChI=1S/C25H14BrN5O5/c26-17-11-16(23(35-10-9-27)20(13-17)31(33)34)14-28-30-24(22-12-15-5-1-4-8-21(15)36-22)29-19-7-3-2-6-18(19)25(30)32/h1-8,11-14H,10H2. The summed E-state index contributed by atoms with van der Waals surface area (Å²) < 4.78 is 12.7. The summed E-state index contributed by atoms with van der Waals surface area (Å²) in [7, 11) is 0. The Morgan fingerprint density at radius 1 is 1.19 bits per heavy atom. The Balaban J connectivity index is 1.73. The number of benzene rings is 3. The summed E-state index contributed by atoms with van der Waals surface area (Å²) in [5.74, 6) is 0.313. The largest absolute Gasteiger partial charge is 0.471 e. The van der Waals surface area contributed by atoms with Gasteiger partial charge in [0.1, 0.15) is 11.7 Å². The average Bonchev–Trinajstić information content (AvgIpc) is 3.31. The number of aromatic nitrogens is 2. The molecule has 36 heavy (non-hydrogen) atoms. The Labute approximate surface area is 211 Å². The smallest absolute Gasteiger partial charge is 0.312 e. The monoisotopic (exact) mass is 543 g/mol. The first-order valence-corrected chi connectivity index (χ1v) is 11.3. The van der Waals surface area contributed by atoms with Gasteiger partial charge >= 0.3 is 5.69 Å². The minimum atomic E-state index is -0.627. The minimum absolute atomic E-state index is 0.148. The second kappa shape index (κ2) is 9.44. The highest BCUT2D eigenvalue weighted by Gasteiger charge is 2.21. The van der Waals surface area contributed by atoms with Crippen LogP contribution in [0, 0.1) is 21.4 Å². The van der Waals surface area contributed by atoms with Crippen LogP contribution >= 0.6 is 15.9 Å². The number of halogens is 1. The molecule has 10 nitrogen and oxygen atoms in total. The van der Waals surface area contributed by atoms with Gasteiger partial charge in [0, 0.05) is 21.5 Å². The Morgan fingerprint density at radius 3 is 2.75 bits per heavy atom. The Morgan fingerprint density at radius 2 is 1.97 bits per heavy atom. The van der Waals surface area contributed by atoms with E-state index in [-0.39, 0.29) is 22.8 Å². The summed E-state index contributed by atoms with van der Waals surface area (Å²) in [5, 5.41) is 26.0. The second-order valence-corrected chi connectivity index (χ2v) is 8.43. The number of hydrogen-bond acceptors (Lipinski definition) is 8. The summed E-state index contributed by atoms with van der Waals surface area (Å²) in [5.41, 5.74) is 0.432. The van der Waals surface area contributed by atoms with Crippen LogP contribution < -0.4 is 10.3 Å². The fourth-order valence-corrected chi connectivity index (χ4v) is 4.16. The van der Waals surface area contributed by atoms with Crippen molar-refractivity contribution in [2.75, 3.05) is 6.61 Å². The highest BCUT2D eigenvalue weighted by atomic mass is 79.9. The number of nitrogens with zero attached hydrogens (tertiary/aromatic N) is 5. The molecule has 2 heterocycles. The lowest BCUT2D eigenvalue weighted by Crippen LogP contribution is -2.20. The third kappa shape index (κ3) is 4.21. The molecule has 0 bridgehead atoms. The van der Waals surface area contributed by atoms with E-state index < -0.39 is 17.1 Å². The number of rotatable bonds is 6. The zero-order chi connectivity index (χ0) is 25.2. The molecule has 0 aliphatic carbocycles. The molecular formula is C25H14BrN5O5. The zero-order valence-electron chi connectivity index (χ0n) is 18.3. The molecule has 0 aliphatic heterocycles. The van der Waals surface area contributed by atoms with Gasteiger partial charge in [-0.3, -0.25) is 14.9 Å². The minimum Gasteiger partial charge on any atom is -0.471 e. The molecule has 11 heteroatoms. The van der Waals surface area contributed by atoms with Gasteiger partial charge in [-0.1, -0.05) is 46.3 Å². The maximum Gasteiger partial charge on any atom is 0.312 e. The summed E-state index contributed by atoms with van der Waals surface area (Å²) >= 11 is 3.25. The SMILES string of the molecule is N#CCOc1c(C=Nn2c(-c3cc4ccccc4o3)nc3ccccc3c2=O)cc(Br)cc1[N+](=O)[O-]. The fourth-order valence-electron chi connectivity index (χ4n) is 3.70. The number of para-hydroxylation sites is 2. The third-order valence-electron chi connectivity index (χ3n) is 5.25. The predicted molar refractivity (Wildman–Crippen MR) is 136 cm³/mol. The number of nitriles is 1. The summed E-state index contributed by atoms with van der Waals surface area (Å²) in [6, 6.07) is 20.5. The van der Waals surface area contributed by atoms with E-state index >= 15 is 0 Å². The Hall–Kier alpha value is -4.82. The highest BCUT2D eigenvalue weighted by molar-refractivity contribution is 9.10. The van der Waals surface area contributed by atoms with Gasteiger partial charge in [0.25, 0.3) is 5.56 Å². The zero-order valence-corrected chi connectivity index (χ0v) is 19.9. The van der Waals surface area contributed by atoms with Crippen LogP contribution in [0.5, 0.6) is 5.75 Å². The number of nitro groups is 1. The molecule has 2 aromatic heterocycles. The van der Waals surface area contributed by atoms with Crippen molar-refractivity contribution in [2.24, 2.45) is 5.10 Å². The first-order chi connectivity index (χ1) is 17.5. The molecule has 0 fully saturated rings. The van der Waals surface area contributed by atoms with E-state index in [1.54, 1.807) is 42.5 Å². The quantitative estimate of drug-likeness (QED) is 0.161. The lowest BCUT2D eigenvalue weighted by Gasteiger charge is -2.09. The lowest BCUT2D eigenvalue weighted by atomic mass is 10.2. The molecule has 0 amide bonds. The van der Waals surface area contributed by atoms with Crippen LogP contribution in [0.25, 0.3) is 33.5 Å². The van der Waals surface area contributed by atoms with E-state index in [4.69, 9.17) is 14.4 Å². The van der Waals surface area contributed by atoms with Crippen LogP contribution in [0.3, 0.4) is 0 Å². The van der Waals surface area contributed by atoms with Gasteiger partial charge in [-0.25, -0.2) is 4.98 Å². The van der Waals surface area contributed by atoms with Crippen molar-refractivity contribution in [1.29, 1.82) is 5.26 Å². The van der Waals surface area contributed by atoms with Gasteiger partial charge in [-0.2, -0.15) is 15.0 Å². The van der Waals surface area contributed by atoms with E-state index in [1.165, 1.54) is 18.3 Å². The fraction of sp³-hybridized carbons (Fsp3) is 0.0400. The number of nitro benzene ring substituents is 1. The molecule has 0 N–H and O–H groups in total. The van der Waals surface area contributed by atoms with Gasteiger partial charge in [0.05, 0.1) is 22.0 Å². The maximum absolute atomic E-state index is 13.4. The van der Waals surface area contributed by atoms with Crippen molar-refractivity contribution in [2.45, 2.75) is 0 Å². The van der Waals surface area contributed by atoms with Crippen molar-refractivity contribution in [3.8, 4) is 23.4 Å². The lowest BCUT2D eigenvalue weighted by molar-refractivity contribution is -0.385. The molecule has 0 atom stereocenters. The van der Waals surface area contributed by atoms with Crippen LogP contribution in [0.2, 0.25) is 0 Å². The van der Waals surface area contributed by atoms with Gasteiger partial charge in [-0.15, -0.1) is 0 Å². The molecule has 5 rings (SSSR count). The first kappa shape index (κ1) is 22.9. The van der Waals surface area contributed by atoms with E-state index in [0.29, 0.717) is 26.7 Å². The second-order valence-electron chi connectivity index (χ2n) is 7.51. The number of hydrogen-bond donors (Lipinski definition) is 0. The van der Waals surface area contributed by atoms with Gasteiger partial charge < -0.3 is 9.15 Å². The van der Waals surface area contributed by atoms with Crippen LogP contribution in [0.15, 0.2) is 85.5 Å². The van der Waals surface area contributed by atoms with Crippen LogP contribution in [-0.4, -0.2) is 27.4 Å². The Kier molecular flexibility index (Phi) is 6.02. The molecule has 0 saturated heterocycles. The Bertz CT molecular complexity index is 1750. The molecule has 0 radical (unpaired) electrons. The highest BCUT2D eigenvalue weighted by Crippen LogP contribution is 2.34. The average molecular weight is 544 g/mol. The maximum atomic E-state index is 13.4. The molecule has 0 aliphatic rings. The number of furan rings is 1. The van der Waals surface area contributed by atoms with Crippen molar-refractivity contribution in [3.05, 3.63) is 97.2 Å². The van der Waals surface area contributed by atoms with Crippen molar-refractivity contribution < 1.29 is 14.1 Å². The van der Waals surface area contributed by atoms with E-state index in [9.17, 15) is 14.9 Å². The third-order valence-corrected chi connectivity index (χ3v) is 5.71. The molecule has 0 spiro atoms. The van der Waals surface area contributed by atoms with E-state index in [1.807, 2.05) is 18.2 Å². The molecule has 176 valence electrons. The van der Waals surface area contributed by atoms with Crippen molar-refractivity contribution in [3.63, 3.8) is 0 Å². The summed E-state index contributed by atoms with van der Waals surface area (Å²) in [6.45, 7) is -0.412. The number of ether oxygens (including phenoxy) is 1. The van der Waals surface area contributed by atoms with Crippen LogP contribution in [0.1, 0.15) is 5.56 Å². The van der Waals surface area contributed by atoms with E-state index in [2.05, 4.69) is 26.0 Å².